The van der Waals surface area contributed by atoms with Crippen LogP contribution in [0, 0.1) is 0 Å². The van der Waals surface area contributed by atoms with Gasteiger partial charge >= 0.3 is 5.97 Å². The number of pyridine rings is 1. The van der Waals surface area contributed by atoms with Crippen LogP contribution in [0.4, 0.5) is 5.13 Å². The Bertz CT molecular complexity index is 1550. The van der Waals surface area contributed by atoms with Crippen molar-refractivity contribution in [2.75, 3.05) is 18.6 Å². The van der Waals surface area contributed by atoms with Crippen LogP contribution < -0.4 is 15.6 Å². The Labute approximate surface area is 237 Å². The first kappa shape index (κ1) is 27.1. The zero-order valence-electron chi connectivity index (χ0n) is 21.3. The van der Waals surface area contributed by atoms with E-state index in [9.17, 15) is 19.5 Å². The molecule has 1 fully saturated rings. The lowest BCUT2D eigenvalue weighted by molar-refractivity contribution is -0.688. The summed E-state index contributed by atoms with van der Waals surface area (Å²) in [6.07, 6.45) is 7.54. The van der Waals surface area contributed by atoms with E-state index in [-0.39, 0.29) is 22.2 Å². The average Bonchev–Trinajstić information content (AvgIpc) is 3.39. The smallest absolute Gasteiger partial charge is 0.353 e. The molecule has 13 heteroatoms. The second-order valence-corrected chi connectivity index (χ2v) is 10.8. The number of carboxylic acids is 1. The molecule has 2 aromatic heterocycles. The van der Waals surface area contributed by atoms with Gasteiger partial charge in [0.2, 0.25) is 0 Å². The highest BCUT2D eigenvalue weighted by atomic mass is 32.2. The van der Waals surface area contributed by atoms with Gasteiger partial charge in [0.25, 0.3) is 11.8 Å². The number of anilines is 1. The summed E-state index contributed by atoms with van der Waals surface area (Å²) in [5.74, 6) is -2.01. The SMILES string of the molecule is CO/N=C(/C(=O)N[C@@H]1C(=O)N2C(C(=O)O)=C(/C=C/c3ccccc3C[n+]3ccccc3)SC[C@H]12)c1csc(N)n1. The topological polar surface area (TPSA) is 151 Å². The van der Waals surface area contributed by atoms with Crippen molar-refractivity contribution in [1.29, 1.82) is 0 Å². The van der Waals surface area contributed by atoms with Gasteiger partial charge in [0.1, 0.15) is 24.5 Å². The van der Waals surface area contributed by atoms with Gasteiger partial charge in [-0.2, -0.15) is 0 Å². The summed E-state index contributed by atoms with van der Waals surface area (Å²) in [7, 11) is 1.29. The number of rotatable bonds is 9. The summed E-state index contributed by atoms with van der Waals surface area (Å²) in [6.45, 7) is 0.648. The second kappa shape index (κ2) is 11.7. The molecule has 2 aliphatic rings. The van der Waals surface area contributed by atoms with E-state index in [1.807, 2.05) is 65.5 Å². The minimum absolute atomic E-state index is 0.110. The summed E-state index contributed by atoms with van der Waals surface area (Å²) < 4.78 is 2.05. The van der Waals surface area contributed by atoms with Crippen molar-refractivity contribution in [3.05, 3.63) is 93.7 Å². The number of β-lactam (4-membered cyclic amide) rings is 1. The molecule has 0 bridgehead atoms. The molecule has 5 rings (SSSR count). The summed E-state index contributed by atoms with van der Waals surface area (Å²) >= 11 is 2.46. The van der Waals surface area contributed by atoms with Gasteiger partial charge in [-0.25, -0.2) is 14.3 Å². The molecule has 40 heavy (non-hydrogen) atoms. The van der Waals surface area contributed by atoms with Crippen LogP contribution in [0.1, 0.15) is 16.8 Å². The van der Waals surface area contributed by atoms with Crippen molar-refractivity contribution in [1.82, 2.24) is 15.2 Å². The van der Waals surface area contributed by atoms with E-state index < -0.39 is 29.9 Å². The maximum atomic E-state index is 13.1. The molecular formula is C27H25N6O5S2+. The number of aromatic nitrogens is 2. The maximum absolute atomic E-state index is 13.1. The van der Waals surface area contributed by atoms with E-state index in [2.05, 4.69) is 15.5 Å². The number of carbonyl (C=O) groups excluding carboxylic acids is 2. The molecule has 11 nitrogen and oxygen atoms in total. The molecule has 2 aliphatic heterocycles. The molecule has 4 heterocycles. The highest BCUT2D eigenvalue weighted by molar-refractivity contribution is 8.03. The predicted octanol–water partition coefficient (Wildman–Crippen LogP) is 1.86. The fraction of sp³-hybridized carbons (Fsp3) is 0.185. The minimum atomic E-state index is -1.22. The van der Waals surface area contributed by atoms with E-state index >= 15 is 0 Å². The summed E-state index contributed by atoms with van der Waals surface area (Å²) in [5, 5.41) is 18.2. The average molecular weight is 578 g/mol. The number of carboxylic acid groups (broad SMARTS) is 1. The number of hydrogen-bond donors (Lipinski definition) is 3. The van der Waals surface area contributed by atoms with Crippen LogP contribution in [0.2, 0.25) is 0 Å². The molecule has 0 aliphatic carbocycles. The number of benzene rings is 1. The number of aliphatic carboxylic acids is 1. The number of allylic oxidation sites excluding steroid dienone is 1. The van der Waals surface area contributed by atoms with Gasteiger partial charge in [-0.15, -0.1) is 23.1 Å². The third-order valence-corrected chi connectivity index (χ3v) is 8.18. The van der Waals surface area contributed by atoms with Gasteiger partial charge in [0.15, 0.2) is 29.8 Å². The van der Waals surface area contributed by atoms with Crippen LogP contribution in [-0.2, 0) is 25.8 Å². The zero-order valence-corrected chi connectivity index (χ0v) is 22.9. The predicted molar refractivity (Wildman–Crippen MR) is 151 cm³/mol. The lowest BCUT2D eigenvalue weighted by Crippen LogP contribution is -2.72. The molecule has 2 atom stereocenters. The van der Waals surface area contributed by atoms with E-state index in [1.54, 1.807) is 11.5 Å². The fourth-order valence-corrected chi connectivity index (χ4v) is 6.22. The van der Waals surface area contributed by atoms with Gasteiger partial charge in [-0.1, -0.05) is 41.6 Å². The number of hydrogen-bond acceptors (Lipinski definition) is 9. The number of nitrogen functional groups attached to an aromatic ring is 1. The van der Waals surface area contributed by atoms with Gasteiger partial charge < -0.3 is 21.0 Å². The molecule has 0 saturated carbocycles. The second-order valence-electron chi connectivity index (χ2n) is 8.83. The Kier molecular flexibility index (Phi) is 7.94. The number of carbonyl (C=O) groups is 3. The van der Waals surface area contributed by atoms with Crippen molar-refractivity contribution >= 4 is 57.8 Å². The molecule has 4 N–H and O–H groups in total. The maximum Gasteiger partial charge on any atom is 0.353 e. The summed E-state index contributed by atoms with van der Waals surface area (Å²) in [4.78, 5) is 48.9. The molecule has 0 radical (unpaired) electrons. The third-order valence-electron chi connectivity index (χ3n) is 6.35. The lowest BCUT2D eigenvalue weighted by atomic mass is 9.94. The molecule has 0 unspecified atom stereocenters. The molecule has 0 spiro atoms. The number of oxime groups is 1. The standard InChI is InChI=1S/C27H24N6O5S2/c1-38-31-21(18-14-40-27(28)29-18)24(34)30-22-19-15-39-20(23(26(36)37)33(19)25(22)35)10-9-16-7-3-4-8-17(16)13-32-11-5-2-6-12-32/h2-12,14,19,22H,13,15H2,1H3,(H3-,28,29,30,34,36,37)/p+1/b10-9+,31-21+/t19-,22+/m1/s1. The number of thiazole rings is 1. The van der Waals surface area contributed by atoms with E-state index in [0.29, 0.717) is 17.2 Å². The third kappa shape index (κ3) is 5.46. The molecule has 2 amide bonds. The molecule has 1 aromatic carbocycles. The number of thioether (sulfide) groups is 1. The van der Waals surface area contributed by atoms with E-state index in [1.165, 1.54) is 23.8 Å². The number of nitrogens with two attached hydrogens (primary N) is 1. The minimum Gasteiger partial charge on any atom is -0.477 e. The Hall–Kier alpha value is -4.49. The Morgan fingerprint density at radius 2 is 2.02 bits per heavy atom. The van der Waals surface area contributed by atoms with Crippen molar-refractivity contribution in [3.63, 3.8) is 0 Å². The monoisotopic (exact) mass is 577 g/mol. The van der Waals surface area contributed by atoms with Crippen molar-refractivity contribution < 1.29 is 28.9 Å². The number of nitrogens with zero attached hydrogens (tertiary/aromatic N) is 4. The van der Waals surface area contributed by atoms with Crippen molar-refractivity contribution in [2.45, 2.75) is 18.6 Å². The van der Waals surface area contributed by atoms with Gasteiger partial charge in [-0.05, 0) is 11.6 Å². The van der Waals surface area contributed by atoms with Gasteiger partial charge in [0.05, 0.1) is 6.04 Å². The molecule has 204 valence electrons. The number of fused-ring (bicyclic) bond motifs is 1. The van der Waals surface area contributed by atoms with Crippen molar-refractivity contribution in [2.24, 2.45) is 5.16 Å². The zero-order chi connectivity index (χ0) is 28.2. The molecule has 3 aromatic rings. The highest BCUT2D eigenvalue weighted by Gasteiger charge is 2.54. The molecular weight excluding hydrogens is 552 g/mol. The Balaban J connectivity index is 1.35. The Morgan fingerprint density at radius 1 is 1.25 bits per heavy atom. The largest absolute Gasteiger partial charge is 0.477 e. The number of nitrogens with one attached hydrogen (secondary N) is 1. The van der Waals surface area contributed by atoms with E-state index in [4.69, 9.17) is 10.6 Å². The number of amides is 2. The fourth-order valence-electron chi connectivity index (χ4n) is 4.49. The summed E-state index contributed by atoms with van der Waals surface area (Å²) in [6, 6.07) is 12.3. The Morgan fingerprint density at radius 3 is 2.73 bits per heavy atom. The molecule has 1 saturated heterocycles. The quantitative estimate of drug-likeness (QED) is 0.151. The van der Waals surface area contributed by atoms with Crippen LogP contribution >= 0.6 is 23.1 Å². The van der Waals surface area contributed by atoms with Crippen LogP contribution in [0.15, 0.2) is 82.1 Å². The first-order valence-corrected chi connectivity index (χ1v) is 14.0. The van der Waals surface area contributed by atoms with Crippen molar-refractivity contribution in [3.8, 4) is 0 Å². The van der Waals surface area contributed by atoms with Gasteiger partial charge in [0, 0.05) is 33.7 Å². The van der Waals surface area contributed by atoms with Crippen LogP contribution in [0.5, 0.6) is 0 Å². The highest BCUT2D eigenvalue weighted by Crippen LogP contribution is 2.40. The van der Waals surface area contributed by atoms with Crippen LogP contribution in [0.25, 0.3) is 6.08 Å². The first-order chi connectivity index (χ1) is 19.4. The van der Waals surface area contributed by atoms with Gasteiger partial charge in [-0.3, -0.25) is 14.5 Å². The van der Waals surface area contributed by atoms with Crippen LogP contribution in [-0.4, -0.2) is 63.4 Å². The first-order valence-electron chi connectivity index (χ1n) is 12.1. The van der Waals surface area contributed by atoms with E-state index in [0.717, 1.165) is 22.5 Å². The normalized spacial score (nSPS) is 18.9. The summed E-state index contributed by atoms with van der Waals surface area (Å²) in [5.41, 5.74) is 7.64. The van der Waals surface area contributed by atoms with Crippen LogP contribution in [0.3, 0.4) is 0 Å². The lowest BCUT2D eigenvalue weighted by Gasteiger charge is -2.49.